The summed E-state index contributed by atoms with van der Waals surface area (Å²) in [5.74, 6) is 0.674. The van der Waals surface area contributed by atoms with Gasteiger partial charge in [0.25, 0.3) is 0 Å². The first-order valence-electron chi connectivity index (χ1n) is 6.74. The number of hydrogen-bond acceptors (Lipinski definition) is 3. The Balaban J connectivity index is 2.23. The monoisotopic (exact) mass is 301 g/mol. The number of rotatable bonds is 3. The molecule has 0 atom stereocenters. The maximum Gasteiger partial charge on any atom is 0.182 e. The Bertz CT molecular complexity index is 549. The molecule has 106 valence electrons. The van der Waals surface area contributed by atoms with Crippen molar-refractivity contribution in [3.8, 4) is 0 Å². The van der Waals surface area contributed by atoms with Crippen molar-refractivity contribution in [1.29, 1.82) is 0 Å². The van der Waals surface area contributed by atoms with Crippen LogP contribution in [0.15, 0.2) is 23.1 Å². The summed E-state index contributed by atoms with van der Waals surface area (Å²) in [6.45, 7) is 2.16. The second-order valence-electron chi connectivity index (χ2n) is 5.29. The molecule has 1 aliphatic rings. The highest BCUT2D eigenvalue weighted by molar-refractivity contribution is 7.92. The van der Waals surface area contributed by atoms with Crippen LogP contribution in [0.25, 0.3) is 0 Å². The molecule has 0 radical (unpaired) electrons. The molecule has 19 heavy (non-hydrogen) atoms. The Labute approximate surface area is 120 Å². The summed E-state index contributed by atoms with van der Waals surface area (Å²) in [5.41, 5.74) is 6.09. The largest absolute Gasteiger partial charge is 0.399 e. The van der Waals surface area contributed by atoms with E-state index >= 15 is 0 Å². The standard InChI is InChI=1S/C14H20ClNO2S/c1-2-10-3-6-12(7-4-10)19(17,18)14-8-5-11(16)9-13(14)15/h5,8-10,12H,2-4,6-7,16H2,1H3. The highest BCUT2D eigenvalue weighted by Gasteiger charge is 2.32. The van der Waals surface area contributed by atoms with Gasteiger partial charge in [0, 0.05) is 5.69 Å². The molecule has 1 aliphatic carbocycles. The number of benzene rings is 1. The molecule has 0 aliphatic heterocycles. The molecule has 0 bridgehead atoms. The van der Waals surface area contributed by atoms with Crippen molar-refractivity contribution in [3.05, 3.63) is 23.2 Å². The summed E-state index contributed by atoms with van der Waals surface area (Å²) >= 11 is 6.03. The molecule has 0 heterocycles. The topological polar surface area (TPSA) is 60.2 Å². The van der Waals surface area contributed by atoms with Crippen molar-refractivity contribution in [1.82, 2.24) is 0 Å². The Kier molecular flexibility index (Phi) is 4.41. The average molecular weight is 302 g/mol. The van der Waals surface area contributed by atoms with Crippen molar-refractivity contribution < 1.29 is 8.42 Å². The van der Waals surface area contributed by atoms with Crippen molar-refractivity contribution in [3.63, 3.8) is 0 Å². The van der Waals surface area contributed by atoms with Gasteiger partial charge in [-0.2, -0.15) is 0 Å². The third-order valence-electron chi connectivity index (χ3n) is 4.07. The molecule has 0 saturated heterocycles. The third-order valence-corrected chi connectivity index (χ3v) is 6.82. The highest BCUT2D eigenvalue weighted by Crippen LogP contribution is 2.35. The fourth-order valence-electron chi connectivity index (χ4n) is 2.78. The molecular weight excluding hydrogens is 282 g/mol. The zero-order valence-corrected chi connectivity index (χ0v) is 12.7. The van der Waals surface area contributed by atoms with E-state index in [1.165, 1.54) is 12.1 Å². The molecule has 0 spiro atoms. The first-order chi connectivity index (χ1) is 8.95. The lowest BCUT2D eigenvalue weighted by Gasteiger charge is -2.27. The van der Waals surface area contributed by atoms with Crippen LogP contribution in [0.4, 0.5) is 5.69 Å². The van der Waals surface area contributed by atoms with Gasteiger partial charge in [0.05, 0.1) is 15.2 Å². The van der Waals surface area contributed by atoms with E-state index < -0.39 is 9.84 Å². The van der Waals surface area contributed by atoms with E-state index in [-0.39, 0.29) is 15.2 Å². The molecule has 2 rings (SSSR count). The van der Waals surface area contributed by atoms with E-state index in [0.717, 1.165) is 32.1 Å². The lowest BCUT2D eigenvalue weighted by atomic mass is 9.87. The average Bonchev–Trinajstić information content (AvgIpc) is 2.38. The molecule has 0 amide bonds. The van der Waals surface area contributed by atoms with E-state index in [2.05, 4.69) is 6.92 Å². The normalized spacial score (nSPS) is 24.3. The summed E-state index contributed by atoms with van der Waals surface area (Å²) in [4.78, 5) is 0.225. The minimum absolute atomic E-state index is 0.225. The van der Waals surface area contributed by atoms with Crippen molar-refractivity contribution in [2.75, 3.05) is 5.73 Å². The molecule has 0 unspecified atom stereocenters. The van der Waals surface area contributed by atoms with Crippen LogP contribution in [0.2, 0.25) is 5.02 Å². The van der Waals surface area contributed by atoms with Crippen LogP contribution < -0.4 is 5.73 Å². The molecule has 1 aromatic rings. The van der Waals surface area contributed by atoms with Gasteiger partial charge in [-0.1, -0.05) is 24.9 Å². The molecular formula is C14H20ClNO2S. The van der Waals surface area contributed by atoms with Crippen LogP contribution in [-0.4, -0.2) is 13.7 Å². The van der Waals surface area contributed by atoms with Gasteiger partial charge in [0.2, 0.25) is 0 Å². The lowest BCUT2D eigenvalue weighted by molar-refractivity contribution is 0.348. The summed E-state index contributed by atoms with van der Waals surface area (Å²) in [6, 6.07) is 4.63. The second kappa shape index (κ2) is 5.71. The van der Waals surface area contributed by atoms with E-state index in [9.17, 15) is 8.42 Å². The molecule has 1 fully saturated rings. The van der Waals surface area contributed by atoms with Crippen LogP contribution in [-0.2, 0) is 9.84 Å². The van der Waals surface area contributed by atoms with Gasteiger partial charge >= 0.3 is 0 Å². The fraction of sp³-hybridized carbons (Fsp3) is 0.571. The van der Waals surface area contributed by atoms with E-state index in [1.54, 1.807) is 6.07 Å². The third kappa shape index (κ3) is 3.06. The minimum atomic E-state index is -3.33. The Hall–Kier alpha value is -0.740. The number of nitrogens with two attached hydrogens (primary N) is 1. The predicted molar refractivity (Wildman–Crippen MR) is 79.1 cm³/mol. The van der Waals surface area contributed by atoms with Gasteiger partial charge in [-0.3, -0.25) is 0 Å². The maximum atomic E-state index is 12.6. The summed E-state index contributed by atoms with van der Waals surface area (Å²) in [6.07, 6.45) is 4.60. The van der Waals surface area contributed by atoms with Gasteiger partial charge < -0.3 is 5.73 Å². The van der Waals surface area contributed by atoms with E-state index in [0.29, 0.717) is 11.6 Å². The number of halogens is 1. The van der Waals surface area contributed by atoms with Crippen molar-refractivity contribution >= 4 is 27.1 Å². The maximum absolute atomic E-state index is 12.6. The number of sulfone groups is 1. The predicted octanol–water partition coefficient (Wildman–Crippen LogP) is 3.66. The SMILES string of the molecule is CCC1CCC(S(=O)(=O)c2ccc(N)cc2Cl)CC1. The van der Waals surface area contributed by atoms with Gasteiger partial charge in [-0.25, -0.2) is 8.42 Å². The van der Waals surface area contributed by atoms with Crippen molar-refractivity contribution in [2.24, 2.45) is 5.92 Å². The summed E-state index contributed by atoms with van der Waals surface area (Å²) < 4.78 is 25.2. The van der Waals surface area contributed by atoms with Crippen LogP contribution in [0.3, 0.4) is 0 Å². The number of hydrogen-bond donors (Lipinski definition) is 1. The quantitative estimate of drug-likeness (QED) is 0.867. The van der Waals surface area contributed by atoms with Gasteiger partial charge in [-0.05, 0) is 49.8 Å². The molecule has 3 nitrogen and oxygen atoms in total. The number of anilines is 1. The van der Waals surface area contributed by atoms with Gasteiger partial charge in [0.1, 0.15) is 0 Å². The van der Waals surface area contributed by atoms with Crippen LogP contribution in [0, 0.1) is 5.92 Å². The lowest BCUT2D eigenvalue weighted by Crippen LogP contribution is -2.27. The Morgan fingerprint density at radius 1 is 1.26 bits per heavy atom. The van der Waals surface area contributed by atoms with E-state index in [4.69, 9.17) is 17.3 Å². The molecule has 1 saturated carbocycles. The minimum Gasteiger partial charge on any atom is -0.399 e. The zero-order chi connectivity index (χ0) is 14.0. The number of nitrogen functional groups attached to an aromatic ring is 1. The Morgan fingerprint density at radius 2 is 1.89 bits per heavy atom. The molecule has 0 aromatic heterocycles. The summed E-state index contributed by atoms with van der Waals surface area (Å²) in [7, 11) is -3.33. The molecule has 1 aromatic carbocycles. The summed E-state index contributed by atoms with van der Waals surface area (Å²) in [5, 5.41) is -0.0611. The molecule has 5 heteroatoms. The van der Waals surface area contributed by atoms with E-state index in [1.807, 2.05) is 0 Å². The highest BCUT2D eigenvalue weighted by atomic mass is 35.5. The first kappa shape index (κ1) is 14.7. The van der Waals surface area contributed by atoms with Gasteiger partial charge in [0.15, 0.2) is 9.84 Å². The van der Waals surface area contributed by atoms with Crippen LogP contribution >= 0.6 is 11.6 Å². The first-order valence-corrected chi connectivity index (χ1v) is 8.66. The zero-order valence-electron chi connectivity index (χ0n) is 11.1. The van der Waals surface area contributed by atoms with Crippen LogP contribution in [0.5, 0.6) is 0 Å². The van der Waals surface area contributed by atoms with Gasteiger partial charge in [-0.15, -0.1) is 0 Å². The van der Waals surface area contributed by atoms with Crippen molar-refractivity contribution in [2.45, 2.75) is 49.2 Å². The molecule has 2 N–H and O–H groups in total. The fourth-order valence-corrected chi connectivity index (χ4v) is 5.13. The second-order valence-corrected chi connectivity index (χ2v) is 7.89. The van der Waals surface area contributed by atoms with Crippen LogP contribution in [0.1, 0.15) is 39.0 Å². The smallest absolute Gasteiger partial charge is 0.182 e. The Morgan fingerprint density at radius 3 is 2.42 bits per heavy atom.